The van der Waals surface area contributed by atoms with Gasteiger partial charge in [-0.05, 0) is 0 Å². The van der Waals surface area contributed by atoms with Crippen LogP contribution < -0.4 is 18.9 Å². The Labute approximate surface area is 92.7 Å². The fourth-order valence-corrected chi connectivity index (χ4v) is 0. The normalized spacial score (nSPS) is 7.00. The summed E-state index contributed by atoms with van der Waals surface area (Å²) in [6.07, 6.45) is 0. The van der Waals surface area contributed by atoms with Crippen molar-refractivity contribution in [3.05, 3.63) is 0 Å². The van der Waals surface area contributed by atoms with E-state index in [1.165, 1.54) is 0 Å². The molecule has 0 aliphatic carbocycles. The van der Waals surface area contributed by atoms with E-state index in [9.17, 15) is 0 Å². The van der Waals surface area contributed by atoms with Crippen LogP contribution >= 0.6 is 7.82 Å². The fraction of sp³-hybridized carbons (Fsp3) is 0. The molecule has 0 aromatic rings. The van der Waals surface area contributed by atoms with Crippen LogP contribution in [0, 0.1) is 0 Å². The van der Waals surface area contributed by atoms with E-state index in [2.05, 4.69) is 0 Å². The van der Waals surface area contributed by atoms with E-state index < -0.39 is 7.82 Å². The molecular formula is H5BiLiO5PV. The van der Waals surface area contributed by atoms with E-state index in [4.69, 9.17) is 22.1 Å². The third-order valence-corrected chi connectivity index (χ3v) is 0. The van der Waals surface area contributed by atoms with Crippen LogP contribution in [0.3, 0.4) is 0 Å². The molecule has 9 heteroatoms. The Morgan fingerprint density at radius 1 is 1.22 bits per heavy atom. The van der Waals surface area contributed by atoms with Gasteiger partial charge in [0.2, 0.25) is 0 Å². The van der Waals surface area contributed by atoms with Crippen LogP contribution in [-0.2, 0) is 25.9 Å². The SMILES string of the molecule is O=P(O)(O)O.[H-].[Li+].[O]=[BiH].[V]. The average Bonchev–Trinajstić information content (AvgIpc) is 1.36. The molecule has 51 valence electrons. The van der Waals surface area contributed by atoms with E-state index in [-0.39, 0.29) is 63.6 Å². The van der Waals surface area contributed by atoms with E-state index in [0.29, 0.717) is 0 Å². The molecule has 1 radical (unpaired) electrons. The minimum absolute atomic E-state index is 0. The van der Waals surface area contributed by atoms with E-state index in [1.807, 2.05) is 0 Å². The van der Waals surface area contributed by atoms with E-state index in [0.717, 1.165) is 0 Å². The van der Waals surface area contributed by atoms with E-state index >= 15 is 0 Å². The Morgan fingerprint density at radius 2 is 1.22 bits per heavy atom. The number of phosphoric acid groups is 1. The molecule has 0 saturated carbocycles. The summed E-state index contributed by atoms with van der Waals surface area (Å²) < 4.78 is 17.3. The summed E-state index contributed by atoms with van der Waals surface area (Å²) in [6, 6.07) is 0. The van der Waals surface area contributed by atoms with Gasteiger partial charge in [0.05, 0.1) is 0 Å². The molecule has 0 bridgehead atoms. The van der Waals surface area contributed by atoms with Crippen LogP contribution in [0.15, 0.2) is 0 Å². The monoisotopic (exact) mass is 383 g/mol. The summed E-state index contributed by atoms with van der Waals surface area (Å²) in [5.74, 6) is 0. The maximum absolute atomic E-state index is 8.88. The minimum Gasteiger partial charge on any atom is 0 e. The van der Waals surface area contributed by atoms with Crippen molar-refractivity contribution in [2.75, 3.05) is 0 Å². The van der Waals surface area contributed by atoms with Crippen molar-refractivity contribution in [3.63, 3.8) is 0 Å². The van der Waals surface area contributed by atoms with Gasteiger partial charge in [0.25, 0.3) is 0 Å². The molecule has 0 rings (SSSR count). The summed E-state index contributed by atoms with van der Waals surface area (Å²) in [5, 5.41) is 0. The second kappa shape index (κ2) is 12.6. The third-order valence-electron chi connectivity index (χ3n) is 0. The molecule has 0 aliphatic rings. The van der Waals surface area contributed by atoms with Crippen LogP contribution in [-0.4, -0.2) is 39.4 Å². The molecular weight excluding hydrogens is 378 g/mol. The molecule has 0 aliphatic heterocycles. The number of rotatable bonds is 0. The summed E-state index contributed by atoms with van der Waals surface area (Å²) >= 11 is 0.0556. The topological polar surface area (TPSA) is 94.8 Å². The van der Waals surface area contributed by atoms with Gasteiger partial charge in [-0.2, -0.15) is 0 Å². The summed E-state index contributed by atoms with van der Waals surface area (Å²) in [6.45, 7) is 0. The van der Waals surface area contributed by atoms with Crippen molar-refractivity contribution in [3.8, 4) is 0 Å². The molecule has 0 aromatic carbocycles. The second-order valence-corrected chi connectivity index (χ2v) is 1.54. The van der Waals surface area contributed by atoms with Crippen molar-refractivity contribution in [1.29, 1.82) is 0 Å². The smallest absolute Gasteiger partial charge is 0 e. The van der Waals surface area contributed by atoms with Gasteiger partial charge < -0.3 is 16.1 Å². The Hall–Kier alpha value is 1.97. The van der Waals surface area contributed by atoms with Crippen molar-refractivity contribution in [2.24, 2.45) is 0 Å². The number of hydrogen-bond acceptors (Lipinski definition) is 2. The second-order valence-electron chi connectivity index (χ2n) is 0.513. The Balaban J connectivity index is -0.0000000154. The van der Waals surface area contributed by atoms with Gasteiger partial charge in [0.1, 0.15) is 0 Å². The van der Waals surface area contributed by atoms with Gasteiger partial charge in [-0.1, -0.05) is 0 Å². The first-order valence-corrected chi connectivity index (χ1v) is 4.14. The molecule has 0 saturated heterocycles. The van der Waals surface area contributed by atoms with Gasteiger partial charge >= 0.3 is 54.2 Å². The third kappa shape index (κ3) is 163. The van der Waals surface area contributed by atoms with Crippen LogP contribution in [0.5, 0.6) is 0 Å². The molecule has 0 unspecified atom stereocenters. The Bertz CT molecular complexity index is 77.5. The molecule has 0 atom stereocenters. The van der Waals surface area contributed by atoms with Gasteiger partial charge in [-0.3, -0.25) is 0 Å². The molecule has 5 nitrogen and oxygen atoms in total. The maximum atomic E-state index is 8.88. The van der Waals surface area contributed by atoms with Gasteiger partial charge in [0.15, 0.2) is 0 Å². The van der Waals surface area contributed by atoms with Crippen LogP contribution in [0.25, 0.3) is 0 Å². The molecule has 0 heterocycles. The van der Waals surface area contributed by atoms with Gasteiger partial charge in [-0.25, -0.2) is 4.57 Å². The molecule has 0 aromatic heterocycles. The quantitative estimate of drug-likeness (QED) is 0.289. The Kier molecular flexibility index (Phi) is 31.5. The van der Waals surface area contributed by atoms with Crippen molar-refractivity contribution < 1.29 is 60.9 Å². The minimum atomic E-state index is -4.64. The fourth-order valence-electron chi connectivity index (χ4n) is 0. The maximum Gasteiger partial charge on any atom is 0 e. The zero-order valence-corrected chi connectivity index (χ0v) is 10.7. The average molecular weight is 383 g/mol. The molecule has 3 N–H and O–H groups in total. The van der Waals surface area contributed by atoms with Gasteiger partial charge in [-0.15, -0.1) is 0 Å². The zero-order chi connectivity index (χ0) is 6.50. The molecule has 0 fully saturated rings. The summed E-state index contributed by atoms with van der Waals surface area (Å²) in [4.78, 5) is 21.6. The van der Waals surface area contributed by atoms with Crippen LogP contribution in [0.1, 0.15) is 1.43 Å². The standard InChI is InChI=1S/Bi.Li.H3O4P.O.V.2H/c;;1-5(2,3)4;;;;/h;;(H3,1,2,3,4);;;;/q;+1;;;;;-1. The van der Waals surface area contributed by atoms with Crippen LogP contribution in [0.4, 0.5) is 0 Å². The summed E-state index contributed by atoms with van der Waals surface area (Å²) in [7, 11) is -4.64. The largest absolute Gasteiger partial charge is 0 e. The molecule has 0 spiro atoms. The van der Waals surface area contributed by atoms with Crippen molar-refractivity contribution >= 4 is 32.5 Å². The summed E-state index contributed by atoms with van der Waals surface area (Å²) in [5.41, 5.74) is 0. The zero-order valence-electron chi connectivity index (χ0n) is 5.55. The first-order valence-electron chi connectivity index (χ1n) is 0.987. The first kappa shape index (κ1) is 22.4. The molecule has 0 amide bonds. The molecule has 9 heavy (non-hydrogen) atoms. The van der Waals surface area contributed by atoms with Crippen molar-refractivity contribution in [2.45, 2.75) is 0 Å². The van der Waals surface area contributed by atoms with E-state index in [1.54, 1.807) is 0 Å². The van der Waals surface area contributed by atoms with Gasteiger partial charge in [0, 0.05) is 18.6 Å². The van der Waals surface area contributed by atoms with Crippen LogP contribution in [0.2, 0.25) is 0 Å². The Morgan fingerprint density at radius 3 is 1.22 bits per heavy atom. The predicted octanol–water partition coefficient (Wildman–Crippen LogP) is -4.58. The van der Waals surface area contributed by atoms with Crippen molar-refractivity contribution in [1.82, 2.24) is 0 Å². The number of hydrogen-bond donors (Lipinski definition) is 3. The first-order chi connectivity index (χ1) is 3.00. The predicted molar refractivity (Wildman–Crippen MR) is 23.2 cm³/mol.